The number of phosphoric acid groups is 2. The van der Waals surface area contributed by atoms with Crippen LogP contribution in [0.15, 0.2) is 48.6 Å². The fraction of sp³-hybridized carbons (Fsp3) is 0.500. The molecule has 0 saturated heterocycles. The van der Waals surface area contributed by atoms with Crippen molar-refractivity contribution < 1.29 is 75.1 Å². The van der Waals surface area contributed by atoms with E-state index in [2.05, 4.69) is 63.4 Å². The number of rotatable bonds is 20. The Labute approximate surface area is 266 Å². The van der Waals surface area contributed by atoms with Gasteiger partial charge in [-0.1, -0.05) is 26.3 Å². The molecule has 0 aliphatic heterocycles. The van der Waals surface area contributed by atoms with Crippen molar-refractivity contribution in [2.75, 3.05) is 52.9 Å². The van der Waals surface area contributed by atoms with Gasteiger partial charge in [0.25, 0.3) is 15.6 Å². The van der Waals surface area contributed by atoms with E-state index in [9.17, 15) is 38.1 Å². The zero-order valence-corrected chi connectivity index (χ0v) is 27.8. The van der Waals surface area contributed by atoms with E-state index < -0.39 is 39.5 Å². The molecule has 0 aromatic heterocycles. The molecule has 240 valence electrons. The number of carbonyl (C=O) groups is 4. The molecule has 0 aromatic carbocycles. The smallest absolute Gasteiger partial charge is 0.756 e. The number of hydrogen-bond donors (Lipinski definition) is 0. The summed E-state index contributed by atoms with van der Waals surface area (Å²) in [5, 5.41) is 0. The van der Waals surface area contributed by atoms with E-state index in [-0.39, 0.29) is 98.2 Å². The normalized spacial score (nSPS) is 10.6. The predicted molar refractivity (Wildman–Crippen MR) is 148 cm³/mol. The van der Waals surface area contributed by atoms with Crippen molar-refractivity contribution in [1.82, 2.24) is 0 Å². The second kappa shape index (κ2) is 24.2. The number of esters is 4. The van der Waals surface area contributed by atoms with Crippen LogP contribution in [0.5, 0.6) is 0 Å². The summed E-state index contributed by atoms with van der Waals surface area (Å²) in [5.74, 6) is -2.59. The van der Waals surface area contributed by atoms with Gasteiger partial charge in [-0.25, -0.2) is 19.2 Å². The van der Waals surface area contributed by atoms with Gasteiger partial charge in [-0.05, 0) is 27.7 Å². The van der Waals surface area contributed by atoms with E-state index in [1.807, 2.05) is 0 Å². The molecule has 0 fully saturated rings. The Morgan fingerprint density at radius 3 is 0.767 bits per heavy atom. The summed E-state index contributed by atoms with van der Waals surface area (Å²) in [6.45, 7) is 16.7. The van der Waals surface area contributed by atoms with Crippen LogP contribution in [-0.2, 0) is 65.4 Å². The minimum atomic E-state index is -4.54. The van der Waals surface area contributed by atoms with Crippen molar-refractivity contribution in [2.45, 2.75) is 27.7 Å². The SMILES string of the molecule is C=C(C)C(=O)OCCOP(=O)([O-])OCCOC(=O)C(=C)C.C=C(C)C(=O)OCCOP(=O)([O-])OCCOC(=O)C(=C)C.[Mg+2]. The Kier molecular flexibility index (Phi) is 25.5. The molecule has 0 aromatic rings. The van der Waals surface area contributed by atoms with Gasteiger partial charge in [-0.3, -0.25) is 9.13 Å². The van der Waals surface area contributed by atoms with Crippen LogP contribution in [-0.4, -0.2) is 99.8 Å². The van der Waals surface area contributed by atoms with E-state index in [1.165, 1.54) is 27.7 Å². The minimum absolute atomic E-state index is 0. The third-order valence-corrected chi connectivity index (χ3v) is 5.65. The van der Waals surface area contributed by atoms with Gasteiger partial charge in [0.05, 0.1) is 26.4 Å². The quantitative estimate of drug-likeness (QED) is 0.0442. The standard InChI is InChI=1S/2C12H19O8P.Mg/c2*1-9(2)11(13)17-5-7-19-21(15,16)20-8-6-18-12(14)10(3)4;/h2*1,3,5-8H2,2,4H3,(H,15,16);/q;;+2/p-2. The first kappa shape index (κ1) is 45.3. The first-order valence-corrected chi connectivity index (χ1v) is 14.7. The van der Waals surface area contributed by atoms with Crippen LogP contribution in [0.2, 0.25) is 0 Å². The molecule has 0 rings (SSSR count). The van der Waals surface area contributed by atoms with Crippen LogP contribution in [0.1, 0.15) is 27.7 Å². The molecule has 0 bridgehead atoms. The molecule has 0 radical (unpaired) electrons. The van der Waals surface area contributed by atoms with E-state index >= 15 is 0 Å². The fourth-order valence-corrected chi connectivity index (χ4v) is 3.04. The van der Waals surface area contributed by atoms with Gasteiger partial charge in [-0.2, -0.15) is 0 Å². The van der Waals surface area contributed by atoms with Gasteiger partial charge in [0.2, 0.25) is 0 Å². The van der Waals surface area contributed by atoms with Gasteiger partial charge in [-0.15, -0.1) is 0 Å². The maximum atomic E-state index is 11.3. The predicted octanol–water partition coefficient (Wildman–Crippen LogP) is 1.07. The second-order valence-corrected chi connectivity index (χ2v) is 10.7. The maximum absolute atomic E-state index is 11.3. The summed E-state index contributed by atoms with van der Waals surface area (Å²) in [4.78, 5) is 66.5. The fourth-order valence-electron chi connectivity index (χ4n) is 1.70. The van der Waals surface area contributed by atoms with Gasteiger partial charge < -0.3 is 46.8 Å². The van der Waals surface area contributed by atoms with Gasteiger partial charge in [0, 0.05) is 22.3 Å². The van der Waals surface area contributed by atoms with Gasteiger partial charge in [0.15, 0.2) is 0 Å². The number of carbonyl (C=O) groups excluding carboxylic acids is 4. The zero-order valence-electron chi connectivity index (χ0n) is 24.6. The largest absolute Gasteiger partial charge is 2.00 e. The summed E-state index contributed by atoms with van der Waals surface area (Å²) >= 11 is 0. The molecule has 0 heterocycles. The third-order valence-electron chi connectivity index (χ3n) is 3.66. The van der Waals surface area contributed by atoms with Gasteiger partial charge in [0.1, 0.15) is 26.4 Å². The summed E-state index contributed by atoms with van der Waals surface area (Å²) in [6.07, 6.45) is 0. The summed E-state index contributed by atoms with van der Waals surface area (Å²) in [7, 11) is -9.07. The molecule has 0 spiro atoms. The maximum Gasteiger partial charge on any atom is 2.00 e. The van der Waals surface area contributed by atoms with Crippen LogP contribution in [0.4, 0.5) is 0 Å². The van der Waals surface area contributed by atoms with E-state index in [4.69, 9.17) is 0 Å². The van der Waals surface area contributed by atoms with Crippen LogP contribution in [0, 0.1) is 0 Å². The molecule has 0 saturated carbocycles. The van der Waals surface area contributed by atoms with Crippen molar-refractivity contribution in [3.05, 3.63) is 48.6 Å². The number of phosphoric ester groups is 2. The van der Waals surface area contributed by atoms with Crippen LogP contribution >= 0.6 is 15.6 Å². The summed E-state index contributed by atoms with van der Waals surface area (Å²) < 4.78 is 58.7. The molecule has 0 aliphatic carbocycles. The first-order chi connectivity index (χ1) is 19.3. The summed E-state index contributed by atoms with van der Waals surface area (Å²) in [6, 6.07) is 0. The minimum Gasteiger partial charge on any atom is -0.756 e. The Morgan fingerprint density at radius 1 is 0.465 bits per heavy atom. The van der Waals surface area contributed by atoms with Crippen LogP contribution in [0.3, 0.4) is 0 Å². The zero-order chi connectivity index (χ0) is 32.9. The monoisotopic (exact) mass is 666 g/mol. The molecular formula is C24H36MgO16P2. The van der Waals surface area contributed by atoms with Crippen molar-refractivity contribution in [3.63, 3.8) is 0 Å². The Balaban J connectivity index is -0.000000727. The average molecular weight is 667 g/mol. The van der Waals surface area contributed by atoms with E-state index in [1.54, 1.807) is 0 Å². The molecule has 0 unspecified atom stereocenters. The molecule has 16 nitrogen and oxygen atoms in total. The van der Waals surface area contributed by atoms with E-state index in [0.29, 0.717) is 0 Å². The summed E-state index contributed by atoms with van der Waals surface area (Å²) in [5.41, 5.74) is 0.763. The number of hydrogen-bond acceptors (Lipinski definition) is 16. The van der Waals surface area contributed by atoms with Crippen molar-refractivity contribution in [1.29, 1.82) is 0 Å². The Bertz CT molecular complexity index is 927. The van der Waals surface area contributed by atoms with Crippen molar-refractivity contribution in [2.24, 2.45) is 0 Å². The van der Waals surface area contributed by atoms with E-state index in [0.717, 1.165) is 0 Å². The Hall–Kier alpha value is -2.17. The van der Waals surface area contributed by atoms with Crippen LogP contribution in [0.25, 0.3) is 0 Å². The molecule has 0 amide bonds. The number of ether oxygens (including phenoxy) is 4. The molecule has 19 heteroatoms. The van der Waals surface area contributed by atoms with Crippen LogP contribution < -0.4 is 9.79 Å². The first-order valence-electron chi connectivity index (χ1n) is 11.8. The molecular weight excluding hydrogens is 631 g/mol. The molecule has 0 atom stereocenters. The average Bonchev–Trinajstić information content (AvgIpc) is 2.89. The van der Waals surface area contributed by atoms with Crippen molar-refractivity contribution >= 4 is 62.6 Å². The Morgan fingerprint density at radius 2 is 0.628 bits per heavy atom. The molecule has 0 aliphatic rings. The topological polar surface area (TPSA) is 222 Å². The molecule has 0 N–H and O–H groups in total. The van der Waals surface area contributed by atoms with Gasteiger partial charge >= 0.3 is 46.9 Å². The third kappa shape index (κ3) is 27.1. The second-order valence-electron chi connectivity index (χ2n) is 7.89. The molecule has 43 heavy (non-hydrogen) atoms. The van der Waals surface area contributed by atoms with Crippen molar-refractivity contribution in [3.8, 4) is 0 Å².